The van der Waals surface area contributed by atoms with Crippen LogP contribution in [0.25, 0.3) is 0 Å². The number of nitrogens with zero attached hydrogens (tertiary/aromatic N) is 1. The van der Waals surface area contributed by atoms with Crippen molar-refractivity contribution in [3.8, 4) is 0 Å². The molecular formula is C14H27N3. The first-order chi connectivity index (χ1) is 8.05. The van der Waals surface area contributed by atoms with E-state index in [0.29, 0.717) is 23.5 Å². The van der Waals surface area contributed by atoms with Gasteiger partial charge in [-0.3, -0.25) is 4.99 Å². The molecule has 0 aromatic rings. The Morgan fingerprint density at radius 2 is 1.88 bits per heavy atom. The van der Waals surface area contributed by atoms with Crippen molar-refractivity contribution in [3.05, 3.63) is 0 Å². The number of aliphatic imine (C=N–C) groups is 1. The second-order valence-corrected chi connectivity index (χ2v) is 6.55. The average Bonchev–Trinajstić information content (AvgIpc) is 2.68. The van der Waals surface area contributed by atoms with Crippen LogP contribution in [0.4, 0.5) is 0 Å². The molecule has 0 spiro atoms. The summed E-state index contributed by atoms with van der Waals surface area (Å²) in [4.78, 5) is 4.60. The highest BCUT2D eigenvalue weighted by Gasteiger charge is 2.28. The van der Waals surface area contributed by atoms with Crippen LogP contribution in [0.3, 0.4) is 0 Å². The van der Waals surface area contributed by atoms with E-state index in [1.165, 1.54) is 51.4 Å². The molecule has 2 aliphatic rings. The van der Waals surface area contributed by atoms with Crippen LogP contribution in [0.1, 0.15) is 65.2 Å². The first-order valence-corrected chi connectivity index (χ1v) is 7.15. The Labute approximate surface area is 105 Å². The van der Waals surface area contributed by atoms with E-state index in [-0.39, 0.29) is 0 Å². The minimum atomic E-state index is 0.462. The second kappa shape index (κ2) is 5.28. The van der Waals surface area contributed by atoms with Gasteiger partial charge in [0.25, 0.3) is 0 Å². The van der Waals surface area contributed by atoms with E-state index in [9.17, 15) is 0 Å². The van der Waals surface area contributed by atoms with Gasteiger partial charge in [0.05, 0.1) is 6.04 Å². The monoisotopic (exact) mass is 237 g/mol. The number of hydrogen-bond donors (Lipinski definition) is 2. The number of guanidine groups is 1. The first kappa shape index (κ1) is 12.7. The number of hydrogen-bond acceptors (Lipinski definition) is 1. The van der Waals surface area contributed by atoms with Gasteiger partial charge in [-0.15, -0.1) is 0 Å². The third-order valence-electron chi connectivity index (χ3n) is 4.20. The molecule has 0 aliphatic heterocycles. The third kappa shape index (κ3) is 3.90. The Hall–Kier alpha value is -0.730. The maximum atomic E-state index is 6.01. The summed E-state index contributed by atoms with van der Waals surface area (Å²) in [5.74, 6) is 0.680. The molecule has 98 valence electrons. The summed E-state index contributed by atoms with van der Waals surface area (Å²) >= 11 is 0. The number of nitrogens with one attached hydrogen (secondary N) is 1. The zero-order valence-electron chi connectivity index (χ0n) is 11.3. The molecule has 3 N–H and O–H groups in total. The lowest BCUT2D eigenvalue weighted by molar-refractivity contribution is 0.210. The minimum absolute atomic E-state index is 0.462. The molecule has 1 unspecified atom stereocenters. The molecule has 2 fully saturated rings. The van der Waals surface area contributed by atoms with Crippen LogP contribution >= 0.6 is 0 Å². The molecule has 3 heteroatoms. The molecule has 0 bridgehead atoms. The molecule has 0 aromatic carbocycles. The van der Waals surface area contributed by atoms with E-state index in [1.54, 1.807) is 0 Å². The van der Waals surface area contributed by atoms with Crippen molar-refractivity contribution < 1.29 is 0 Å². The lowest BCUT2D eigenvalue weighted by Crippen LogP contribution is -2.44. The molecule has 3 nitrogen and oxygen atoms in total. The maximum absolute atomic E-state index is 6.01. The van der Waals surface area contributed by atoms with Crippen LogP contribution in [-0.4, -0.2) is 18.0 Å². The fourth-order valence-corrected chi connectivity index (χ4v) is 3.30. The summed E-state index contributed by atoms with van der Waals surface area (Å²) in [6.07, 6.45) is 10.2. The van der Waals surface area contributed by atoms with Crippen molar-refractivity contribution in [1.82, 2.24) is 5.32 Å². The summed E-state index contributed by atoms with van der Waals surface area (Å²) in [5.41, 5.74) is 6.47. The van der Waals surface area contributed by atoms with E-state index < -0.39 is 0 Å². The molecule has 0 radical (unpaired) electrons. The molecule has 2 aliphatic carbocycles. The predicted molar refractivity (Wildman–Crippen MR) is 73.1 cm³/mol. The van der Waals surface area contributed by atoms with Crippen LogP contribution in [0, 0.1) is 5.41 Å². The van der Waals surface area contributed by atoms with Gasteiger partial charge in [0.15, 0.2) is 5.96 Å². The summed E-state index contributed by atoms with van der Waals surface area (Å²) < 4.78 is 0. The van der Waals surface area contributed by atoms with Crippen LogP contribution in [0.5, 0.6) is 0 Å². The van der Waals surface area contributed by atoms with E-state index in [0.717, 1.165) is 0 Å². The van der Waals surface area contributed by atoms with Crippen molar-refractivity contribution in [2.75, 3.05) is 0 Å². The van der Waals surface area contributed by atoms with Gasteiger partial charge in [-0.2, -0.15) is 0 Å². The number of rotatable bonds is 2. The Morgan fingerprint density at radius 1 is 1.18 bits per heavy atom. The molecule has 17 heavy (non-hydrogen) atoms. The van der Waals surface area contributed by atoms with E-state index in [2.05, 4.69) is 24.2 Å². The van der Waals surface area contributed by atoms with Crippen LogP contribution in [0.2, 0.25) is 0 Å². The van der Waals surface area contributed by atoms with Gasteiger partial charge in [0, 0.05) is 6.04 Å². The average molecular weight is 237 g/mol. The van der Waals surface area contributed by atoms with Crippen molar-refractivity contribution in [2.45, 2.75) is 77.3 Å². The van der Waals surface area contributed by atoms with Gasteiger partial charge in [0.1, 0.15) is 0 Å². The van der Waals surface area contributed by atoms with Gasteiger partial charge in [-0.1, -0.05) is 33.1 Å². The third-order valence-corrected chi connectivity index (χ3v) is 4.20. The molecule has 0 aromatic heterocycles. The van der Waals surface area contributed by atoms with Gasteiger partial charge in [-0.25, -0.2) is 0 Å². The standard InChI is InChI=1S/C14H27N3/c1-14(2)9-5-8-12(10-14)17-13(15)16-11-6-3-4-7-11/h11-12H,3-10H2,1-2H3,(H3,15,16,17). The molecule has 0 saturated heterocycles. The highest BCUT2D eigenvalue weighted by atomic mass is 15.1. The highest BCUT2D eigenvalue weighted by molar-refractivity contribution is 5.78. The van der Waals surface area contributed by atoms with Gasteiger partial charge < -0.3 is 11.1 Å². The summed E-state index contributed by atoms with van der Waals surface area (Å²) in [6.45, 7) is 4.70. The zero-order chi connectivity index (χ0) is 12.3. The summed E-state index contributed by atoms with van der Waals surface area (Å²) in [6, 6.07) is 1.02. The smallest absolute Gasteiger partial charge is 0.189 e. The van der Waals surface area contributed by atoms with Crippen molar-refractivity contribution in [1.29, 1.82) is 0 Å². The van der Waals surface area contributed by atoms with Crippen molar-refractivity contribution in [2.24, 2.45) is 16.1 Å². The maximum Gasteiger partial charge on any atom is 0.189 e. The fourth-order valence-electron chi connectivity index (χ4n) is 3.30. The van der Waals surface area contributed by atoms with Crippen molar-refractivity contribution in [3.63, 3.8) is 0 Å². The molecule has 0 amide bonds. The van der Waals surface area contributed by atoms with Crippen LogP contribution < -0.4 is 11.1 Å². The Bertz CT molecular complexity index is 277. The lowest BCUT2D eigenvalue weighted by Gasteiger charge is -2.35. The van der Waals surface area contributed by atoms with Crippen LogP contribution in [-0.2, 0) is 0 Å². The Kier molecular flexibility index (Phi) is 3.95. The second-order valence-electron chi connectivity index (χ2n) is 6.55. The Balaban J connectivity index is 1.83. The summed E-state index contributed by atoms with van der Waals surface area (Å²) in [7, 11) is 0. The van der Waals surface area contributed by atoms with Gasteiger partial charge >= 0.3 is 0 Å². The van der Waals surface area contributed by atoms with Gasteiger partial charge in [-0.05, 0) is 37.5 Å². The molecule has 1 atom stereocenters. The molecule has 2 saturated carbocycles. The van der Waals surface area contributed by atoms with E-state index in [1.807, 2.05) is 0 Å². The van der Waals surface area contributed by atoms with Crippen molar-refractivity contribution >= 4 is 5.96 Å². The number of nitrogens with two attached hydrogens (primary N) is 1. The van der Waals surface area contributed by atoms with Gasteiger partial charge in [0.2, 0.25) is 0 Å². The van der Waals surface area contributed by atoms with Crippen LogP contribution in [0.15, 0.2) is 4.99 Å². The zero-order valence-corrected chi connectivity index (χ0v) is 11.3. The topological polar surface area (TPSA) is 50.4 Å². The predicted octanol–water partition coefficient (Wildman–Crippen LogP) is 2.80. The minimum Gasteiger partial charge on any atom is -0.370 e. The molecular weight excluding hydrogens is 210 g/mol. The quantitative estimate of drug-likeness (QED) is 0.573. The SMILES string of the molecule is CC1(C)CCCC(NC(N)=NC2CCCC2)C1. The van der Waals surface area contributed by atoms with E-state index >= 15 is 0 Å². The lowest BCUT2D eigenvalue weighted by atomic mass is 9.75. The first-order valence-electron chi connectivity index (χ1n) is 7.15. The fraction of sp³-hybridized carbons (Fsp3) is 0.929. The largest absolute Gasteiger partial charge is 0.370 e. The molecule has 0 heterocycles. The van der Waals surface area contributed by atoms with E-state index in [4.69, 9.17) is 5.73 Å². The highest BCUT2D eigenvalue weighted by Crippen LogP contribution is 2.35. The Morgan fingerprint density at radius 3 is 2.53 bits per heavy atom. The normalized spacial score (nSPS) is 30.5. The molecule has 2 rings (SSSR count). The summed E-state index contributed by atoms with van der Waals surface area (Å²) in [5, 5.41) is 3.43.